The first-order valence-electron chi connectivity index (χ1n) is 2.35. The number of carbonyl (C=O) groups is 1. The van der Waals surface area contributed by atoms with Gasteiger partial charge < -0.3 is 5.11 Å². The van der Waals surface area contributed by atoms with E-state index in [1.807, 2.05) is 0 Å². The fourth-order valence-corrected chi connectivity index (χ4v) is 1.05. The summed E-state index contributed by atoms with van der Waals surface area (Å²) < 4.78 is 0. The summed E-state index contributed by atoms with van der Waals surface area (Å²) in [5.74, 6) is -0.959. The van der Waals surface area contributed by atoms with E-state index in [0.29, 0.717) is 0 Å². The smallest absolute Gasteiger partial charge is 0.355 e. The normalized spacial score (nSPS) is 8.50. The van der Waals surface area contributed by atoms with Crippen LogP contribution >= 0.6 is 23.7 Å². The maximum absolute atomic E-state index is 10.2. The van der Waals surface area contributed by atoms with Crippen molar-refractivity contribution in [1.29, 1.82) is 0 Å². The molecule has 10 heavy (non-hydrogen) atoms. The van der Waals surface area contributed by atoms with E-state index in [2.05, 4.69) is 4.98 Å². The molecule has 0 spiro atoms. The second kappa shape index (κ2) is 3.53. The summed E-state index contributed by atoms with van der Waals surface area (Å²) in [6.45, 7) is 1.77. The highest BCUT2D eigenvalue weighted by Gasteiger charge is 2.04. The van der Waals surface area contributed by atoms with Gasteiger partial charge in [0.25, 0.3) is 0 Å². The third kappa shape index (κ3) is 1.97. The van der Waals surface area contributed by atoms with Gasteiger partial charge in [0.2, 0.25) is 0 Å². The van der Waals surface area contributed by atoms with E-state index in [-0.39, 0.29) is 18.1 Å². The minimum absolute atomic E-state index is 0. The molecule has 1 aromatic rings. The lowest BCUT2D eigenvalue weighted by atomic mass is 10.5. The summed E-state index contributed by atoms with van der Waals surface area (Å²) in [6, 6.07) is 0. The van der Waals surface area contributed by atoms with Gasteiger partial charge in [0.05, 0.1) is 5.01 Å². The average Bonchev–Trinajstić information content (AvgIpc) is 2.14. The van der Waals surface area contributed by atoms with Crippen LogP contribution < -0.4 is 0 Å². The Balaban J connectivity index is 0.000000810. The van der Waals surface area contributed by atoms with Gasteiger partial charge in [-0.1, -0.05) is 0 Å². The number of nitrogens with zero attached hydrogens (tertiary/aromatic N) is 1. The molecule has 0 amide bonds. The average molecular weight is 180 g/mol. The molecule has 0 aliphatic carbocycles. The molecule has 0 saturated heterocycles. The maximum Gasteiger partial charge on any atom is 0.355 e. The number of hydrogen-bond acceptors (Lipinski definition) is 3. The molecular weight excluding hydrogens is 174 g/mol. The van der Waals surface area contributed by atoms with Gasteiger partial charge in [0, 0.05) is 5.38 Å². The number of carboxylic acids is 1. The molecule has 0 fully saturated rings. The summed E-state index contributed by atoms with van der Waals surface area (Å²) in [7, 11) is 0. The number of rotatable bonds is 1. The predicted molar refractivity (Wildman–Crippen MR) is 41.1 cm³/mol. The van der Waals surface area contributed by atoms with E-state index in [4.69, 9.17) is 5.11 Å². The molecule has 3 nitrogen and oxygen atoms in total. The topological polar surface area (TPSA) is 50.2 Å². The van der Waals surface area contributed by atoms with Crippen molar-refractivity contribution in [2.75, 3.05) is 0 Å². The molecule has 1 N–H and O–H groups in total. The molecule has 1 aromatic heterocycles. The fourth-order valence-electron chi connectivity index (χ4n) is 0.462. The van der Waals surface area contributed by atoms with E-state index in [1.165, 1.54) is 16.7 Å². The van der Waals surface area contributed by atoms with Gasteiger partial charge in [-0.3, -0.25) is 0 Å². The molecule has 5 heteroatoms. The molecule has 0 radical (unpaired) electrons. The van der Waals surface area contributed by atoms with Crippen molar-refractivity contribution in [2.24, 2.45) is 0 Å². The highest BCUT2D eigenvalue weighted by molar-refractivity contribution is 7.09. The van der Waals surface area contributed by atoms with Crippen molar-refractivity contribution in [1.82, 2.24) is 4.98 Å². The van der Waals surface area contributed by atoms with Gasteiger partial charge in [0.1, 0.15) is 0 Å². The van der Waals surface area contributed by atoms with Crippen LogP contribution in [0.1, 0.15) is 15.5 Å². The zero-order valence-electron chi connectivity index (χ0n) is 5.20. The Hall–Kier alpha value is -0.610. The Morgan fingerprint density at radius 1 is 1.80 bits per heavy atom. The van der Waals surface area contributed by atoms with Crippen LogP contribution in [0.4, 0.5) is 0 Å². The molecule has 56 valence electrons. The molecule has 0 atom stereocenters. The maximum atomic E-state index is 10.2. The van der Waals surface area contributed by atoms with Crippen LogP contribution in [0.3, 0.4) is 0 Å². The first-order chi connectivity index (χ1) is 4.20. The van der Waals surface area contributed by atoms with E-state index in [1.54, 1.807) is 6.92 Å². The van der Waals surface area contributed by atoms with Gasteiger partial charge in [-0.05, 0) is 6.92 Å². The SMILES string of the molecule is Cc1nc(C(=O)O)cs1.Cl. The van der Waals surface area contributed by atoms with E-state index in [0.717, 1.165) is 5.01 Å². The molecule has 0 unspecified atom stereocenters. The number of halogens is 1. The van der Waals surface area contributed by atoms with Gasteiger partial charge in [-0.15, -0.1) is 23.7 Å². The highest BCUT2D eigenvalue weighted by atomic mass is 35.5. The summed E-state index contributed by atoms with van der Waals surface area (Å²) in [6.07, 6.45) is 0. The number of aromatic nitrogens is 1. The summed E-state index contributed by atoms with van der Waals surface area (Å²) in [5.41, 5.74) is 0.137. The van der Waals surface area contributed by atoms with Gasteiger partial charge in [-0.25, -0.2) is 9.78 Å². The van der Waals surface area contributed by atoms with Crippen molar-refractivity contribution >= 4 is 29.7 Å². The second-order valence-corrected chi connectivity index (χ2v) is 2.62. The molecular formula is C5H6ClNO2S. The third-order valence-corrected chi connectivity index (χ3v) is 1.61. The lowest BCUT2D eigenvalue weighted by Crippen LogP contribution is -1.95. The van der Waals surface area contributed by atoms with Crippen LogP contribution in [0.15, 0.2) is 5.38 Å². The van der Waals surface area contributed by atoms with Crippen LogP contribution in [0.5, 0.6) is 0 Å². The van der Waals surface area contributed by atoms with Crippen LogP contribution in [-0.4, -0.2) is 16.1 Å². The molecule has 1 rings (SSSR count). The number of hydrogen-bond donors (Lipinski definition) is 1. The summed E-state index contributed by atoms with van der Waals surface area (Å²) in [4.78, 5) is 13.9. The van der Waals surface area contributed by atoms with E-state index < -0.39 is 5.97 Å². The number of aromatic carboxylic acids is 1. The van der Waals surface area contributed by atoms with Crippen LogP contribution in [-0.2, 0) is 0 Å². The fraction of sp³-hybridized carbons (Fsp3) is 0.200. The Bertz CT molecular complexity index is 235. The zero-order chi connectivity index (χ0) is 6.85. The van der Waals surface area contributed by atoms with Crippen molar-refractivity contribution in [3.8, 4) is 0 Å². The zero-order valence-corrected chi connectivity index (χ0v) is 6.83. The first kappa shape index (κ1) is 9.39. The third-order valence-electron chi connectivity index (χ3n) is 0.838. The van der Waals surface area contributed by atoms with Crippen molar-refractivity contribution in [2.45, 2.75) is 6.92 Å². The lowest BCUT2D eigenvalue weighted by Gasteiger charge is -1.79. The molecule has 0 aliphatic heterocycles. The molecule has 0 saturated carbocycles. The monoisotopic (exact) mass is 179 g/mol. The molecule has 1 heterocycles. The Kier molecular flexibility index (Phi) is 3.32. The second-order valence-electron chi connectivity index (χ2n) is 1.56. The Morgan fingerprint density at radius 3 is 2.60 bits per heavy atom. The van der Waals surface area contributed by atoms with Gasteiger partial charge in [-0.2, -0.15) is 0 Å². The minimum Gasteiger partial charge on any atom is -0.476 e. The molecule has 0 aliphatic rings. The number of carboxylic acid groups (broad SMARTS) is 1. The number of aryl methyl sites for hydroxylation is 1. The van der Waals surface area contributed by atoms with Crippen molar-refractivity contribution < 1.29 is 9.90 Å². The first-order valence-corrected chi connectivity index (χ1v) is 3.23. The Morgan fingerprint density at radius 2 is 2.40 bits per heavy atom. The van der Waals surface area contributed by atoms with Crippen LogP contribution in [0.25, 0.3) is 0 Å². The lowest BCUT2D eigenvalue weighted by molar-refractivity contribution is 0.0691. The van der Waals surface area contributed by atoms with Crippen molar-refractivity contribution in [3.63, 3.8) is 0 Å². The molecule has 0 bridgehead atoms. The standard InChI is InChI=1S/C5H5NO2S.ClH/c1-3-6-4(2-9-3)5(7)8;/h2H,1H3,(H,7,8);1H. The minimum atomic E-state index is -0.959. The highest BCUT2D eigenvalue weighted by Crippen LogP contribution is 2.06. The number of thiazole rings is 1. The predicted octanol–water partition coefficient (Wildman–Crippen LogP) is 1.57. The summed E-state index contributed by atoms with van der Waals surface area (Å²) >= 11 is 1.34. The van der Waals surface area contributed by atoms with E-state index >= 15 is 0 Å². The van der Waals surface area contributed by atoms with E-state index in [9.17, 15) is 4.79 Å². The summed E-state index contributed by atoms with van der Waals surface area (Å²) in [5, 5.41) is 10.7. The largest absolute Gasteiger partial charge is 0.476 e. The van der Waals surface area contributed by atoms with Gasteiger partial charge >= 0.3 is 5.97 Å². The Labute approximate surface area is 68.1 Å². The van der Waals surface area contributed by atoms with Crippen LogP contribution in [0.2, 0.25) is 0 Å². The quantitative estimate of drug-likeness (QED) is 0.712. The van der Waals surface area contributed by atoms with Crippen LogP contribution in [0, 0.1) is 6.92 Å². The van der Waals surface area contributed by atoms with Gasteiger partial charge in [0.15, 0.2) is 5.69 Å². The van der Waals surface area contributed by atoms with Crippen molar-refractivity contribution in [3.05, 3.63) is 16.1 Å². The molecule has 0 aromatic carbocycles.